The van der Waals surface area contributed by atoms with E-state index in [0.29, 0.717) is 31.9 Å². The standard InChI is InChI=1S/C27H30FN3O3S/c1-3-22-6-10-25(11-7-22)31(35(33,34)26-14-4-21(2)5-15-26)20-27(32)30-18-16-29(17-19-30)24-12-8-23(28)9-13-24/h4-15H,3,16-20H2,1-2H3. The minimum Gasteiger partial charge on any atom is -0.368 e. The van der Waals surface area contributed by atoms with E-state index in [1.807, 2.05) is 26.0 Å². The van der Waals surface area contributed by atoms with Crippen LogP contribution in [0.15, 0.2) is 77.7 Å². The number of sulfonamides is 1. The number of piperazine rings is 1. The fourth-order valence-electron chi connectivity index (χ4n) is 4.14. The average molecular weight is 496 g/mol. The van der Waals surface area contributed by atoms with Gasteiger partial charge in [0, 0.05) is 31.9 Å². The third-order valence-electron chi connectivity index (χ3n) is 6.34. The summed E-state index contributed by atoms with van der Waals surface area (Å²) in [5.74, 6) is -0.538. The van der Waals surface area contributed by atoms with Gasteiger partial charge in [0.1, 0.15) is 12.4 Å². The molecule has 6 nitrogen and oxygen atoms in total. The van der Waals surface area contributed by atoms with Crippen molar-refractivity contribution in [2.45, 2.75) is 25.2 Å². The van der Waals surface area contributed by atoms with Crippen LogP contribution in [0.5, 0.6) is 0 Å². The molecule has 1 amide bonds. The zero-order valence-corrected chi connectivity index (χ0v) is 20.8. The van der Waals surface area contributed by atoms with Gasteiger partial charge in [-0.05, 0) is 67.4 Å². The van der Waals surface area contributed by atoms with Crippen LogP contribution >= 0.6 is 0 Å². The highest BCUT2D eigenvalue weighted by Gasteiger charge is 2.30. The molecule has 0 aliphatic carbocycles. The maximum Gasteiger partial charge on any atom is 0.264 e. The Hall–Kier alpha value is -3.39. The van der Waals surface area contributed by atoms with Gasteiger partial charge in [0.05, 0.1) is 10.6 Å². The number of carbonyl (C=O) groups is 1. The molecule has 1 fully saturated rings. The minimum absolute atomic E-state index is 0.150. The van der Waals surface area contributed by atoms with Crippen LogP contribution in [0.4, 0.5) is 15.8 Å². The Morgan fingerprint density at radius 3 is 2.06 bits per heavy atom. The molecule has 1 heterocycles. The predicted octanol–water partition coefficient (Wildman–Crippen LogP) is 4.24. The molecule has 1 aliphatic rings. The Bertz CT molecular complexity index is 1250. The van der Waals surface area contributed by atoms with Gasteiger partial charge >= 0.3 is 0 Å². The van der Waals surface area contributed by atoms with Crippen LogP contribution in [0, 0.1) is 12.7 Å². The second-order valence-corrected chi connectivity index (χ2v) is 10.6. The Kier molecular flexibility index (Phi) is 7.40. The third kappa shape index (κ3) is 5.65. The van der Waals surface area contributed by atoms with Crippen molar-refractivity contribution >= 4 is 27.3 Å². The Balaban J connectivity index is 1.53. The first kappa shape index (κ1) is 24.7. The zero-order valence-electron chi connectivity index (χ0n) is 20.0. The highest BCUT2D eigenvalue weighted by Crippen LogP contribution is 2.25. The van der Waals surface area contributed by atoms with Crippen LogP contribution in [0.1, 0.15) is 18.1 Å². The summed E-state index contributed by atoms with van der Waals surface area (Å²) in [4.78, 5) is 17.2. The molecule has 0 N–H and O–H groups in total. The van der Waals surface area contributed by atoms with Crippen molar-refractivity contribution in [2.75, 3.05) is 41.9 Å². The number of carbonyl (C=O) groups excluding carboxylic acids is 1. The van der Waals surface area contributed by atoms with Crippen LogP contribution in [-0.2, 0) is 21.2 Å². The number of anilines is 2. The smallest absolute Gasteiger partial charge is 0.264 e. The quantitative estimate of drug-likeness (QED) is 0.492. The molecule has 0 aromatic heterocycles. The van der Waals surface area contributed by atoms with E-state index in [1.165, 1.54) is 16.4 Å². The van der Waals surface area contributed by atoms with Gasteiger partial charge in [-0.1, -0.05) is 36.8 Å². The SMILES string of the molecule is CCc1ccc(N(CC(=O)N2CCN(c3ccc(F)cc3)CC2)S(=O)(=O)c2ccc(C)cc2)cc1. The highest BCUT2D eigenvalue weighted by atomic mass is 32.2. The summed E-state index contributed by atoms with van der Waals surface area (Å²) in [6.07, 6.45) is 0.836. The lowest BCUT2D eigenvalue weighted by Crippen LogP contribution is -2.52. The summed E-state index contributed by atoms with van der Waals surface area (Å²) < 4.78 is 41.6. The molecular weight excluding hydrogens is 465 g/mol. The van der Waals surface area contributed by atoms with Crippen molar-refractivity contribution in [1.82, 2.24) is 4.90 Å². The van der Waals surface area contributed by atoms with Gasteiger partial charge < -0.3 is 9.80 Å². The van der Waals surface area contributed by atoms with Crippen LogP contribution in [-0.4, -0.2) is 51.9 Å². The van der Waals surface area contributed by atoms with Crippen molar-refractivity contribution in [3.05, 3.63) is 89.7 Å². The molecule has 1 aliphatic heterocycles. The van der Waals surface area contributed by atoms with Gasteiger partial charge in [-0.15, -0.1) is 0 Å². The fraction of sp³-hybridized carbons (Fsp3) is 0.296. The molecule has 35 heavy (non-hydrogen) atoms. The molecule has 3 aromatic rings. The van der Waals surface area contributed by atoms with E-state index in [9.17, 15) is 17.6 Å². The summed E-state index contributed by atoms with van der Waals surface area (Å²) in [5.41, 5.74) is 3.40. The van der Waals surface area contributed by atoms with Gasteiger partial charge in [-0.2, -0.15) is 0 Å². The van der Waals surface area contributed by atoms with Crippen LogP contribution in [0.2, 0.25) is 0 Å². The number of rotatable bonds is 7. The lowest BCUT2D eigenvalue weighted by Gasteiger charge is -2.37. The minimum atomic E-state index is -3.94. The van der Waals surface area contributed by atoms with E-state index in [0.717, 1.165) is 23.2 Å². The molecule has 0 atom stereocenters. The van der Waals surface area contributed by atoms with Gasteiger partial charge in [-0.25, -0.2) is 12.8 Å². The topological polar surface area (TPSA) is 60.9 Å². The number of hydrogen-bond donors (Lipinski definition) is 0. The van der Waals surface area contributed by atoms with Crippen molar-refractivity contribution in [3.63, 3.8) is 0 Å². The molecule has 0 saturated carbocycles. The molecule has 184 valence electrons. The summed E-state index contributed by atoms with van der Waals surface area (Å²) in [6.45, 7) is 5.75. The van der Waals surface area contributed by atoms with Crippen LogP contribution in [0.3, 0.4) is 0 Å². The first-order chi connectivity index (χ1) is 16.8. The monoisotopic (exact) mass is 495 g/mol. The lowest BCUT2D eigenvalue weighted by atomic mass is 10.1. The number of benzene rings is 3. The zero-order chi connectivity index (χ0) is 25.0. The third-order valence-corrected chi connectivity index (χ3v) is 8.13. The number of amides is 1. The van der Waals surface area contributed by atoms with E-state index in [1.54, 1.807) is 53.4 Å². The Labute approximate surface area is 206 Å². The first-order valence-corrected chi connectivity index (χ1v) is 13.2. The summed E-state index contributed by atoms with van der Waals surface area (Å²) in [6, 6.07) is 20.2. The van der Waals surface area contributed by atoms with Gasteiger partial charge in [0.15, 0.2) is 0 Å². The van der Waals surface area contributed by atoms with Gasteiger partial charge in [0.25, 0.3) is 10.0 Å². The largest absolute Gasteiger partial charge is 0.368 e. The van der Waals surface area contributed by atoms with E-state index in [4.69, 9.17) is 0 Å². The number of aryl methyl sites for hydroxylation is 2. The first-order valence-electron chi connectivity index (χ1n) is 11.7. The number of hydrogen-bond acceptors (Lipinski definition) is 4. The molecule has 3 aromatic carbocycles. The summed E-state index contributed by atoms with van der Waals surface area (Å²) >= 11 is 0. The van der Waals surface area contributed by atoms with Crippen LogP contribution < -0.4 is 9.21 Å². The molecule has 8 heteroatoms. The molecule has 0 spiro atoms. The van der Waals surface area contributed by atoms with E-state index in [2.05, 4.69) is 4.90 Å². The maximum atomic E-state index is 13.6. The Morgan fingerprint density at radius 2 is 1.49 bits per heavy atom. The predicted molar refractivity (Wildman–Crippen MR) is 137 cm³/mol. The molecule has 0 radical (unpaired) electrons. The fourth-order valence-corrected chi connectivity index (χ4v) is 5.55. The van der Waals surface area contributed by atoms with Crippen LogP contribution in [0.25, 0.3) is 0 Å². The van der Waals surface area contributed by atoms with Crippen molar-refractivity contribution in [3.8, 4) is 0 Å². The van der Waals surface area contributed by atoms with E-state index >= 15 is 0 Å². The van der Waals surface area contributed by atoms with Crippen molar-refractivity contribution < 1.29 is 17.6 Å². The molecule has 4 rings (SSSR count). The lowest BCUT2D eigenvalue weighted by molar-refractivity contribution is -0.129. The van der Waals surface area contributed by atoms with Gasteiger partial charge in [0.2, 0.25) is 5.91 Å². The molecule has 1 saturated heterocycles. The Morgan fingerprint density at radius 1 is 0.886 bits per heavy atom. The second-order valence-electron chi connectivity index (χ2n) is 8.69. The van der Waals surface area contributed by atoms with E-state index in [-0.39, 0.29) is 23.2 Å². The molecular formula is C27H30FN3O3S. The normalized spacial score (nSPS) is 14.1. The maximum absolute atomic E-state index is 13.6. The van der Waals surface area contributed by atoms with E-state index < -0.39 is 10.0 Å². The number of halogens is 1. The second kappa shape index (κ2) is 10.5. The number of nitrogens with zero attached hydrogens (tertiary/aromatic N) is 3. The molecule has 0 unspecified atom stereocenters. The van der Waals surface area contributed by atoms with Crippen molar-refractivity contribution in [1.29, 1.82) is 0 Å². The average Bonchev–Trinajstić information content (AvgIpc) is 2.88. The van der Waals surface area contributed by atoms with Crippen molar-refractivity contribution in [2.24, 2.45) is 0 Å². The summed E-state index contributed by atoms with van der Waals surface area (Å²) in [7, 11) is -3.94. The molecule has 0 bridgehead atoms. The summed E-state index contributed by atoms with van der Waals surface area (Å²) in [5, 5.41) is 0. The highest BCUT2D eigenvalue weighted by molar-refractivity contribution is 7.92. The van der Waals surface area contributed by atoms with Gasteiger partial charge in [-0.3, -0.25) is 9.10 Å².